The van der Waals surface area contributed by atoms with E-state index < -0.39 is 0 Å². The minimum absolute atomic E-state index is 0.0109. The van der Waals surface area contributed by atoms with Crippen molar-refractivity contribution in [1.29, 1.82) is 0 Å². The Morgan fingerprint density at radius 3 is 2.70 bits per heavy atom. The third-order valence-electron chi connectivity index (χ3n) is 2.53. The van der Waals surface area contributed by atoms with Crippen LogP contribution in [0.5, 0.6) is 5.75 Å². The highest BCUT2D eigenvalue weighted by atomic mass is 16.5. The van der Waals surface area contributed by atoms with Crippen molar-refractivity contribution in [2.24, 2.45) is 5.92 Å². The van der Waals surface area contributed by atoms with E-state index in [9.17, 15) is 4.79 Å². The molecule has 7 heteroatoms. The topological polar surface area (TPSA) is 81.9 Å². The Morgan fingerprint density at radius 1 is 1.35 bits per heavy atom. The molecular weight excluding hydrogens is 258 g/mol. The lowest BCUT2D eigenvalue weighted by molar-refractivity contribution is -0.123. The number of aromatic nitrogens is 4. The van der Waals surface area contributed by atoms with Crippen LogP contribution < -0.4 is 10.1 Å². The molecule has 0 saturated heterocycles. The molecule has 2 aromatic rings. The van der Waals surface area contributed by atoms with E-state index >= 15 is 0 Å². The van der Waals surface area contributed by atoms with Gasteiger partial charge < -0.3 is 10.1 Å². The fourth-order valence-electron chi connectivity index (χ4n) is 1.49. The van der Waals surface area contributed by atoms with Gasteiger partial charge in [-0.25, -0.2) is 4.68 Å². The first-order valence-electron chi connectivity index (χ1n) is 6.38. The molecule has 7 nitrogen and oxygen atoms in total. The fourth-order valence-corrected chi connectivity index (χ4v) is 1.49. The second kappa shape index (κ2) is 6.65. The summed E-state index contributed by atoms with van der Waals surface area (Å²) in [5.74, 6) is 0.930. The second-order valence-electron chi connectivity index (χ2n) is 4.73. The van der Waals surface area contributed by atoms with E-state index in [-0.39, 0.29) is 12.5 Å². The van der Waals surface area contributed by atoms with Crippen molar-refractivity contribution in [3.05, 3.63) is 30.6 Å². The molecule has 20 heavy (non-hydrogen) atoms. The zero-order chi connectivity index (χ0) is 14.4. The zero-order valence-corrected chi connectivity index (χ0v) is 11.5. The van der Waals surface area contributed by atoms with Gasteiger partial charge in [0.1, 0.15) is 12.1 Å². The van der Waals surface area contributed by atoms with Crippen LogP contribution in [0.15, 0.2) is 30.6 Å². The summed E-state index contributed by atoms with van der Waals surface area (Å²) in [4.78, 5) is 11.5. The average Bonchev–Trinajstić information content (AvgIpc) is 2.97. The molecule has 0 saturated carbocycles. The van der Waals surface area contributed by atoms with Gasteiger partial charge in [0.2, 0.25) is 0 Å². The number of benzene rings is 1. The second-order valence-corrected chi connectivity index (χ2v) is 4.73. The molecule has 0 aliphatic rings. The number of hydrogen-bond acceptors (Lipinski definition) is 5. The predicted molar refractivity (Wildman–Crippen MR) is 72.5 cm³/mol. The minimum atomic E-state index is -0.122. The summed E-state index contributed by atoms with van der Waals surface area (Å²) in [5, 5.41) is 13.7. The van der Waals surface area contributed by atoms with E-state index in [0.29, 0.717) is 18.2 Å². The van der Waals surface area contributed by atoms with Gasteiger partial charge in [0, 0.05) is 6.54 Å². The molecule has 0 unspecified atom stereocenters. The number of rotatable bonds is 6. The van der Waals surface area contributed by atoms with E-state index in [0.717, 1.165) is 5.69 Å². The molecule has 1 N–H and O–H groups in total. The van der Waals surface area contributed by atoms with Crippen molar-refractivity contribution >= 4 is 5.91 Å². The number of tetrazole rings is 1. The maximum atomic E-state index is 11.5. The van der Waals surface area contributed by atoms with Crippen LogP contribution >= 0.6 is 0 Å². The van der Waals surface area contributed by atoms with Crippen molar-refractivity contribution in [3.8, 4) is 11.4 Å². The Balaban J connectivity index is 1.84. The highest BCUT2D eigenvalue weighted by Crippen LogP contribution is 2.13. The van der Waals surface area contributed by atoms with Gasteiger partial charge in [0.05, 0.1) is 5.69 Å². The first-order chi connectivity index (χ1) is 9.65. The Morgan fingerprint density at radius 2 is 2.10 bits per heavy atom. The molecule has 0 aliphatic carbocycles. The molecule has 1 aromatic heterocycles. The number of ether oxygens (including phenoxy) is 1. The number of amides is 1. The molecular formula is C13H17N5O2. The minimum Gasteiger partial charge on any atom is -0.484 e. The molecule has 1 heterocycles. The van der Waals surface area contributed by atoms with Crippen molar-refractivity contribution in [2.75, 3.05) is 13.2 Å². The largest absolute Gasteiger partial charge is 0.484 e. The Hall–Kier alpha value is -2.44. The van der Waals surface area contributed by atoms with Gasteiger partial charge in [0.15, 0.2) is 6.61 Å². The molecule has 0 bridgehead atoms. The summed E-state index contributed by atoms with van der Waals surface area (Å²) in [5.41, 5.74) is 0.826. The summed E-state index contributed by atoms with van der Waals surface area (Å²) < 4.78 is 6.94. The number of nitrogens with one attached hydrogen (secondary N) is 1. The van der Waals surface area contributed by atoms with Gasteiger partial charge in [0.25, 0.3) is 5.91 Å². The molecule has 0 spiro atoms. The number of hydrogen-bond donors (Lipinski definition) is 1. The summed E-state index contributed by atoms with van der Waals surface area (Å²) in [6.45, 7) is 4.75. The van der Waals surface area contributed by atoms with Crippen LogP contribution in [0.4, 0.5) is 0 Å². The number of nitrogens with zero attached hydrogens (tertiary/aromatic N) is 4. The van der Waals surface area contributed by atoms with Crippen molar-refractivity contribution in [2.45, 2.75) is 13.8 Å². The molecule has 0 atom stereocenters. The lowest BCUT2D eigenvalue weighted by Gasteiger charge is -2.09. The third-order valence-corrected chi connectivity index (χ3v) is 2.53. The van der Waals surface area contributed by atoms with E-state index in [2.05, 4.69) is 20.8 Å². The van der Waals surface area contributed by atoms with Gasteiger partial charge >= 0.3 is 0 Å². The lowest BCUT2D eigenvalue weighted by atomic mass is 10.2. The quantitative estimate of drug-likeness (QED) is 0.843. The molecule has 106 valence electrons. The maximum Gasteiger partial charge on any atom is 0.257 e. The van der Waals surface area contributed by atoms with Crippen LogP contribution in [0.2, 0.25) is 0 Å². The van der Waals surface area contributed by atoms with E-state index in [1.165, 1.54) is 6.33 Å². The van der Waals surface area contributed by atoms with Gasteiger partial charge in [-0.05, 0) is 40.6 Å². The summed E-state index contributed by atoms with van der Waals surface area (Å²) in [6.07, 6.45) is 1.51. The average molecular weight is 275 g/mol. The summed E-state index contributed by atoms with van der Waals surface area (Å²) in [6, 6.07) is 7.18. The molecule has 0 fully saturated rings. The van der Waals surface area contributed by atoms with Gasteiger partial charge in [-0.1, -0.05) is 13.8 Å². The van der Waals surface area contributed by atoms with Crippen molar-refractivity contribution < 1.29 is 9.53 Å². The molecule has 2 rings (SSSR count). The van der Waals surface area contributed by atoms with E-state index in [4.69, 9.17) is 4.74 Å². The molecule has 0 radical (unpaired) electrons. The Kier molecular flexibility index (Phi) is 4.65. The van der Waals surface area contributed by atoms with E-state index in [1.807, 2.05) is 26.0 Å². The van der Waals surface area contributed by atoms with Crippen molar-refractivity contribution in [3.63, 3.8) is 0 Å². The van der Waals surface area contributed by atoms with Crippen LogP contribution in [-0.4, -0.2) is 39.3 Å². The van der Waals surface area contributed by atoms with Gasteiger partial charge in [-0.2, -0.15) is 0 Å². The Labute approximate surface area is 116 Å². The van der Waals surface area contributed by atoms with Crippen LogP contribution in [-0.2, 0) is 4.79 Å². The number of carbonyl (C=O) groups excluding carboxylic acids is 1. The Bertz CT molecular complexity index is 536. The van der Waals surface area contributed by atoms with Crippen molar-refractivity contribution in [1.82, 2.24) is 25.5 Å². The highest BCUT2D eigenvalue weighted by molar-refractivity contribution is 5.77. The third kappa shape index (κ3) is 4.04. The first kappa shape index (κ1) is 14.0. The molecule has 1 aromatic carbocycles. The smallest absolute Gasteiger partial charge is 0.257 e. The van der Waals surface area contributed by atoms with Crippen LogP contribution in [0, 0.1) is 5.92 Å². The number of carbonyl (C=O) groups is 1. The highest BCUT2D eigenvalue weighted by Gasteiger charge is 2.04. The summed E-state index contributed by atoms with van der Waals surface area (Å²) in [7, 11) is 0. The fraction of sp³-hybridized carbons (Fsp3) is 0.385. The predicted octanol–water partition coefficient (Wildman–Crippen LogP) is 0.813. The van der Waals surface area contributed by atoms with Crippen LogP contribution in [0.3, 0.4) is 0 Å². The normalized spacial score (nSPS) is 10.6. The SMILES string of the molecule is CC(C)CNC(=O)COc1ccc(-n2cnnn2)cc1. The first-order valence-corrected chi connectivity index (χ1v) is 6.38. The van der Waals surface area contributed by atoms with E-state index in [1.54, 1.807) is 16.8 Å². The maximum absolute atomic E-state index is 11.5. The monoisotopic (exact) mass is 275 g/mol. The van der Waals surface area contributed by atoms with Crippen LogP contribution in [0.1, 0.15) is 13.8 Å². The summed E-state index contributed by atoms with van der Waals surface area (Å²) >= 11 is 0. The molecule has 1 amide bonds. The van der Waals surface area contributed by atoms with Crippen LogP contribution in [0.25, 0.3) is 5.69 Å². The van der Waals surface area contributed by atoms with Gasteiger partial charge in [-0.15, -0.1) is 5.10 Å². The van der Waals surface area contributed by atoms with Gasteiger partial charge in [-0.3, -0.25) is 4.79 Å². The lowest BCUT2D eigenvalue weighted by Crippen LogP contribution is -2.31. The standard InChI is InChI=1S/C13H17N5O2/c1-10(2)7-14-13(19)8-20-12-5-3-11(4-6-12)18-9-15-16-17-18/h3-6,9-10H,7-8H2,1-2H3,(H,14,19). The zero-order valence-electron chi connectivity index (χ0n) is 11.5. The molecule has 0 aliphatic heterocycles.